The van der Waals surface area contributed by atoms with Crippen LogP contribution in [0.5, 0.6) is 0 Å². The highest BCUT2D eigenvalue weighted by Gasteiger charge is 2.10. The molecule has 0 amide bonds. The zero-order chi connectivity index (χ0) is 13.2. The lowest BCUT2D eigenvalue weighted by atomic mass is 10.1. The maximum atomic E-state index is 10.4. The lowest BCUT2D eigenvalue weighted by molar-refractivity contribution is -0.137. The van der Waals surface area contributed by atoms with Crippen molar-refractivity contribution in [1.82, 2.24) is 5.32 Å². The van der Waals surface area contributed by atoms with Crippen molar-refractivity contribution in [2.45, 2.75) is 51.5 Å². The van der Waals surface area contributed by atoms with Gasteiger partial charge in [0, 0.05) is 17.3 Å². The summed E-state index contributed by atoms with van der Waals surface area (Å²) >= 11 is 1.80. The fourth-order valence-electron chi connectivity index (χ4n) is 1.98. The molecule has 18 heavy (non-hydrogen) atoms. The Kier molecular flexibility index (Phi) is 7.69. The molecular weight excluding hydrogens is 246 g/mol. The zero-order valence-corrected chi connectivity index (χ0v) is 11.8. The van der Waals surface area contributed by atoms with Crippen LogP contribution in [0, 0.1) is 0 Å². The lowest BCUT2D eigenvalue weighted by Gasteiger charge is -2.16. The second kappa shape index (κ2) is 9.11. The first-order valence-corrected chi connectivity index (χ1v) is 7.60. The van der Waals surface area contributed by atoms with Gasteiger partial charge in [0.2, 0.25) is 0 Å². The third-order valence-electron chi connectivity index (χ3n) is 2.92. The predicted molar refractivity (Wildman–Crippen MR) is 76.1 cm³/mol. The molecule has 0 spiro atoms. The van der Waals surface area contributed by atoms with Crippen molar-refractivity contribution in [2.75, 3.05) is 6.54 Å². The smallest absolute Gasteiger partial charge is 0.303 e. The van der Waals surface area contributed by atoms with E-state index < -0.39 is 5.97 Å². The van der Waals surface area contributed by atoms with E-state index in [9.17, 15) is 4.79 Å². The highest BCUT2D eigenvalue weighted by molar-refractivity contribution is 7.10. The van der Waals surface area contributed by atoms with Crippen molar-refractivity contribution in [2.24, 2.45) is 0 Å². The largest absolute Gasteiger partial charge is 0.481 e. The fraction of sp³-hybridized carbons (Fsp3) is 0.643. The predicted octanol–water partition coefficient (Wildman–Crippen LogP) is 3.82. The minimum absolute atomic E-state index is 0.295. The Morgan fingerprint density at radius 1 is 1.44 bits per heavy atom. The molecule has 1 heterocycles. The fourth-order valence-corrected chi connectivity index (χ4v) is 2.81. The van der Waals surface area contributed by atoms with E-state index in [1.54, 1.807) is 11.3 Å². The molecule has 3 nitrogen and oxygen atoms in total. The Bertz CT molecular complexity index is 325. The lowest BCUT2D eigenvalue weighted by Crippen LogP contribution is -2.21. The number of carboxylic acid groups (broad SMARTS) is 1. The van der Waals surface area contributed by atoms with Crippen LogP contribution in [0.15, 0.2) is 17.5 Å². The molecule has 1 unspecified atom stereocenters. The van der Waals surface area contributed by atoms with E-state index in [4.69, 9.17) is 5.11 Å². The van der Waals surface area contributed by atoms with Gasteiger partial charge >= 0.3 is 5.97 Å². The van der Waals surface area contributed by atoms with Crippen LogP contribution in [-0.2, 0) is 4.79 Å². The monoisotopic (exact) mass is 269 g/mol. The second-order valence-electron chi connectivity index (χ2n) is 4.52. The van der Waals surface area contributed by atoms with Gasteiger partial charge in [-0.25, -0.2) is 0 Å². The Morgan fingerprint density at radius 2 is 2.28 bits per heavy atom. The highest BCUT2D eigenvalue weighted by atomic mass is 32.1. The summed E-state index contributed by atoms with van der Waals surface area (Å²) in [6, 6.07) is 4.74. The molecule has 0 radical (unpaired) electrons. The summed E-state index contributed by atoms with van der Waals surface area (Å²) in [6.07, 6.45) is 5.46. The van der Waals surface area contributed by atoms with Crippen LogP contribution < -0.4 is 5.32 Å². The molecule has 0 saturated carbocycles. The first kappa shape index (κ1) is 15.2. The van der Waals surface area contributed by atoms with E-state index in [-0.39, 0.29) is 0 Å². The van der Waals surface area contributed by atoms with Crippen LogP contribution in [0.3, 0.4) is 0 Å². The third-order valence-corrected chi connectivity index (χ3v) is 3.91. The van der Waals surface area contributed by atoms with Crippen molar-refractivity contribution in [3.8, 4) is 0 Å². The van der Waals surface area contributed by atoms with E-state index >= 15 is 0 Å². The molecule has 0 aliphatic rings. The third kappa shape index (κ3) is 6.17. The van der Waals surface area contributed by atoms with Gasteiger partial charge in [0.1, 0.15) is 0 Å². The molecule has 2 N–H and O–H groups in total. The van der Waals surface area contributed by atoms with Crippen molar-refractivity contribution in [1.29, 1.82) is 0 Å². The molecule has 4 heteroatoms. The molecule has 0 bridgehead atoms. The van der Waals surface area contributed by atoms with Gasteiger partial charge in [-0.05, 0) is 37.3 Å². The number of hydrogen-bond acceptors (Lipinski definition) is 3. The van der Waals surface area contributed by atoms with Crippen molar-refractivity contribution in [3.05, 3.63) is 22.4 Å². The van der Waals surface area contributed by atoms with E-state index in [0.29, 0.717) is 12.5 Å². The number of unbranched alkanes of at least 4 members (excludes halogenated alkanes) is 2. The van der Waals surface area contributed by atoms with E-state index in [0.717, 1.165) is 32.2 Å². The van der Waals surface area contributed by atoms with Crippen molar-refractivity contribution < 1.29 is 9.90 Å². The highest BCUT2D eigenvalue weighted by Crippen LogP contribution is 2.23. The Hall–Kier alpha value is -0.870. The average Bonchev–Trinajstić information content (AvgIpc) is 2.85. The summed E-state index contributed by atoms with van der Waals surface area (Å²) in [6.45, 7) is 3.18. The van der Waals surface area contributed by atoms with Crippen molar-refractivity contribution >= 4 is 17.3 Å². The first-order chi connectivity index (χ1) is 8.74. The summed E-state index contributed by atoms with van der Waals surface area (Å²) < 4.78 is 0. The second-order valence-corrected chi connectivity index (χ2v) is 5.49. The Labute approximate surface area is 113 Å². The number of thiophene rings is 1. The van der Waals surface area contributed by atoms with Crippen LogP contribution in [0.25, 0.3) is 0 Å². The minimum atomic E-state index is -0.689. The SMILES string of the molecule is CCCC(NCCCCCC(=O)O)c1cccs1. The molecule has 0 aromatic carbocycles. The number of carbonyl (C=O) groups is 1. The summed E-state index contributed by atoms with van der Waals surface area (Å²) in [5.41, 5.74) is 0. The Morgan fingerprint density at radius 3 is 2.89 bits per heavy atom. The number of hydrogen-bond donors (Lipinski definition) is 2. The first-order valence-electron chi connectivity index (χ1n) is 6.72. The van der Waals surface area contributed by atoms with Gasteiger partial charge in [0.15, 0.2) is 0 Å². The molecule has 102 valence electrons. The van der Waals surface area contributed by atoms with E-state index in [1.807, 2.05) is 0 Å². The van der Waals surface area contributed by atoms with E-state index in [1.165, 1.54) is 11.3 Å². The molecule has 1 atom stereocenters. The van der Waals surface area contributed by atoms with Crippen molar-refractivity contribution in [3.63, 3.8) is 0 Å². The average molecular weight is 269 g/mol. The summed E-state index contributed by atoms with van der Waals surface area (Å²) in [5, 5.41) is 14.2. The Balaban J connectivity index is 2.16. The van der Waals surface area contributed by atoms with Gasteiger partial charge in [-0.2, -0.15) is 0 Å². The van der Waals surface area contributed by atoms with Gasteiger partial charge in [-0.1, -0.05) is 25.8 Å². The van der Waals surface area contributed by atoms with E-state index in [2.05, 4.69) is 29.8 Å². The molecule has 1 aromatic heterocycles. The van der Waals surface area contributed by atoms with Gasteiger partial charge < -0.3 is 10.4 Å². The van der Waals surface area contributed by atoms with Crippen LogP contribution >= 0.6 is 11.3 Å². The maximum absolute atomic E-state index is 10.4. The standard InChI is InChI=1S/C14H23NO2S/c1-2-7-12(13-8-6-11-18-13)15-10-5-3-4-9-14(16)17/h6,8,11-12,15H,2-5,7,9-10H2,1H3,(H,16,17). The number of carboxylic acids is 1. The van der Waals surface area contributed by atoms with Gasteiger partial charge in [0.05, 0.1) is 0 Å². The van der Waals surface area contributed by atoms with Crippen LogP contribution in [0.4, 0.5) is 0 Å². The molecule has 1 aromatic rings. The normalized spacial score (nSPS) is 12.5. The summed E-state index contributed by atoms with van der Waals surface area (Å²) in [7, 11) is 0. The number of aliphatic carboxylic acids is 1. The number of rotatable bonds is 10. The summed E-state index contributed by atoms with van der Waals surface area (Å²) in [5.74, 6) is -0.689. The molecule has 0 aliphatic heterocycles. The molecule has 0 saturated heterocycles. The molecule has 0 fully saturated rings. The zero-order valence-electron chi connectivity index (χ0n) is 11.0. The minimum Gasteiger partial charge on any atom is -0.481 e. The summed E-state index contributed by atoms with van der Waals surface area (Å²) in [4.78, 5) is 11.8. The van der Waals surface area contributed by atoms with Crippen LogP contribution in [0.1, 0.15) is 56.4 Å². The quantitative estimate of drug-likeness (QED) is 0.635. The molecule has 1 rings (SSSR count). The van der Waals surface area contributed by atoms with Gasteiger partial charge in [-0.3, -0.25) is 4.79 Å². The maximum Gasteiger partial charge on any atom is 0.303 e. The molecular formula is C14H23NO2S. The van der Waals surface area contributed by atoms with Crippen LogP contribution in [0.2, 0.25) is 0 Å². The van der Waals surface area contributed by atoms with Crippen LogP contribution in [-0.4, -0.2) is 17.6 Å². The van der Waals surface area contributed by atoms with Gasteiger partial charge in [-0.15, -0.1) is 11.3 Å². The van der Waals surface area contributed by atoms with Gasteiger partial charge in [0.25, 0.3) is 0 Å². The number of nitrogens with one attached hydrogen (secondary N) is 1. The topological polar surface area (TPSA) is 49.3 Å². The molecule has 0 aliphatic carbocycles.